The van der Waals surface area contributed by atoms with Gasteiger partial charge in [-0.2, -0.15) is 0 Å². The maximum absolute atomic E-state index is 12.6. The van der Waals surface area contributed by atoms with E-state index in [1.807, 2.05) is 18.9 Å². The van der Waals surface area contributed by atoms with Gasteiger partial charge in [0.25, 0.3) is 0 Å². The molecule has 1 saturated heterocycles. The summed E-state index contributed by atoms with van der Waals surface area (Å²) < 4.78 is 0. The molecule has 0 radical (unpaired) electrons. The van der Waals surface area contributed by atoms with Crippen LogP contribution in [0.25, 0.3) is 0 Å². The van der Waals surface area contributed by atoms with Crippen LogP contribution in [-0.4, -0.2) is 61.0 Å². The van der Waals surface area contributed by atoms with E-state index in [9.17, 15) is 4.79 Å². The second kappa shape index (κ2) is 4.82. The predicted molar refractivity (Wildman–Crippen MR) is 73.5 cm³/mol. The standard InChI is InChI=1S/C14H27N3O/c1-13(7-6-10-15-13)12(18)17(4)11-14(16(2)3)8-5-9-14/h15H,5-11H2,1-4H3. The molecule has 1 aliphatic heterocycles. The fourth-order valence-electron chi connectivity index (χ4n) is 3.34. The first-order chi connectivity index (χ1) is 8.40. The average Bonchev–Trinajstić information content (AvgIpc) is 2.70. The summed E-state index contributed by atoms with van der Waals surface area (Å²) in [6.45, 7) is 3.87. The first-order valence-electron chi connectivity index (χ1n) is 7.08. The molecule has 18 heavy (non-hydrogen) atoms. The molecular formula is C14H27N3O. The minimum absolute atomic E-state index is 0.222. The van der Waals surface area contributed by atoms with Gasteiger partial charge in [-0.05, 0) is 59.7 Å². The van der Waals surface area contributed by atoms with Crippen molar-refractivity contribution in [1.82, 2.24) is 15.1 Å². The van der Waals surface area contributed by atoms with Crippen LogP contribution in [0.4, 0.5) is 0 Å². The van der Waals surface area contributed by atoms with E-state index in [1.54, 1.807) is 0 Å². The fraction of sp³-hybridized carbons (Fsp3) is 0.929. The van der Waals surface area contributed by atoms with Gasteiger partial charge in [-0.3, -0.25) is 4.79 Å². The van der Waals surface area contributed by atoms with Crippen molar-refractivity contribution in [2.45, 2.75) is 50.1 Å². The van der Waals surface area contributed by atoms with Gasteiger partial charge < -0.3 is 15.1 Å². The minimum atomic E-state index is -0.327. The Hall–Kier alpha value is -0.610. The van der Waals surface area contributed by atoms with E-state index in [0.717, 1.165) is 25.9 Å². The van der Waals surface area contributed by atoms with Crippen molar-refractivity contribution in [2.24, 2.45) is 0 Å². The highest BCUT2D eigenvalue weighted by Gasteiger charge is 2.44. The fourth-order valence-corrected chi connectivity index (χ4v) is 3.34. The molecule has 1 amide bonds. The summed E-state index contributed by atoms with van der Waals surface area (Å²) in [7, 11) is 6.22. The zero-order valence-electron chi connectivity index (χ0n) is 12.3. The van der Waals surface area contributed by atoms with E-state index >= 15 is 0 Å². The molecule has 0 aromatic heterocycles. The maximum atomic E-state index is 12.6. The lowest BCUT2D eigenvalue weighted by atomic mass is 9.75. The highest BCUT2D eigenvalue weighted by atomic mass is 16.2. The second-order valence-electron chi connectivity index (χ2n) is 6.50. The van der Waals surface area contributed by atoms with Crippen LogP contribution >= 0.6 is 0 Å². The van der Waals surface area contributed by atoms with Gasteiger partial charge in [0.15, 0.2) is 0 Å². The molecule has 1 aliphatic carbocycles. The van der Waals surface area contributed by atoms with Gasteiger partial charge in [-0.25, -0.2) is 0 Å². The summed E-state index contributed by atoms with van der Waals surface area (Å²) in [5.74, 6) is 0.258. The van der Waals surface area contributed by atoms with Crippen LogP contribution in [0.2, 0.25) is 0 Å². The Balaban J connectivity index is 1.99. The summed E-state index contributed by atoms with van der Waals surface area (Å²) in [6.07, 6.45) is 5.78. The lowest BCUT2D eigenvalue weighted by molar-refractivity contribution is -0.138. The first kappa shape index (κ1) is 13.8. The summed E-state index contributed by atoms with van der Waals surface area (Å²) in [5.41, 5.74) is -0.106. The molecule has 4 heteroatoms. The first-order valence-corrected chi connectivity index (χ1v) is 7.08. The number of carbonyl (C=O) groups is 1. The van der Waals surface area contributed by atoms with Crippen LogP contribution < -0.4 is 5.32 Å². The van der Waals surface area contributed by atoms with Gasteiger partial charge in [-0.15, -0.1) is 0 Å². The molecule has 2 aliphatic rings. The minimum Gasteiger partial charge on any atom is -0.342 e. The predicted octanol–water partition coefficient (Wildman–Crippen LogP) is 1.07. The smallest absolute Gasteiger partial charge is 0.242 e. The van der Waals surface area contributed by atoms with Crippen molar-refractivity contribution in [3.05, 3.63) is 0 Å². The van der Waals surface area contributed by atoms with Crippen molar-refractivity contribution in [3.8, 4) is 0 Å². The largest absolute Gasteiger partial charge is 0.342 e. The van der Waals surface area contributed by atoms with Crippen LogP contribution in [-0.2, 0) is 4.79 Å². The van der Waals surface area contributed by atoms with E-state index in [-0.39, 0.29) is 17.0 Å². The van der Waals surface area contributed by atoms with E-state index in [2.05, 4.69) is 24.3 Å². The number of carbonyl (C=O) groups excluding carboxylic acids is 1. The van der Waals surface area contributed by atoms with E-state index in [1.165, 1.54) is 19.3 Å². The zero-order chi connectivity index (χ0) is 13.4. The van der Waals surface area contributed by atoms with Crippen LogP contribution in [0.5, 0.6) is 0 Å². The zero-order valence-corrected chi connectivity index (χ0v) is 12.3. The number of hydrogen-bond donors (Lipinski definition) is 1. The molecule has 1 saturated carbocycles. The van der Waals surface area contributed by atoms with Crippen LogP contribution in [0, 0.1) is 0 Å². The Morgan fingerprint density at radius 3 is 2.22 bits per heavy atom. The molecule has 2 rings (SSSR count). The number of likely N-dealkylation sites (N-methyl/N-ethyl adjacent to an activating group) is 2. The molecule has 4 nitrogen and oxygen atoms in total. The van der Waals surface area contributed by atoms with E-state index < -0.39 is 0 Å². The van der Waals surface area contributed by atoms with Crippen molar-refractivity contribution in [2.75, 3.05) is 34.2 Å². The quantitative estimate of drug-likeness (QED) is 0.814. The van der Waals surface area contributed by atoms with E-state index in [4.69, 9.17) is 0 Å². The SMILES string of the molecule is CN(CC1(N(C)C)CCC1)C(=O)C1(C)CCCN1. The Labute approximate surface area is 111 Å². The normalized spacial score (nSPS) is 30.3. The lowest BCUT2D eigenvalue weighted by Crippen LogP contribution is -2.60. The molecular weight excluding hydrogens is 226 g/mol. The Kier molecular flexibility index (Phi) is 3.70. The van der Waals surface area contributed by atoms with Crippen molar-refractivity contribution < 1.29 is 4.79 Å². The highest BCUT2D eigenvalue weighted by Crippen LogP contribution is 2.37. The molecule has 0 bridgehead atoms. The van der Waals surface area contributed by atoms with Gasteiger partial charge in [0, 0.05) is 19.1 Å². The van der Waals surface area contributed by atoms with E-state index in [0.29, 0.717) is 0 Å². The molecule has 0 spiro atoms. The highest BCUT2D eigenvalue weighted by molar-refractivity contribution is 5.86. The van der Waals surface area contributed by atoms with Crippen molar-refractivity contribution >= 4 is 5.91 Å². The van der Waals surface area contributed by atoms with Crippen LogP contribution in [0.1, 0.15) is 39.0 Å². The van der Waals surface area contributed by atoms with Crippen molar-refractivity contribution in [3.63, 3.8) is 0 Å². The molecule has 1 heterocycles. The summed E-state index contributed by atoms with van der Waals surface area (Å²) in [4.78, 5) is 16.8. The summed E-state index contributed by atoms with van der Waals surface area (Å²) in [6, 6.07) is 0. The van der Waals surface area contributed by atoms with Gasteiger partial charge in [-0.1, -0.05) is 0 Å². The maximum Gasteiger partial charge on any atom is 0.242 e. The number of nitrogens with one attached hydrogen (secondary N) is 1. The molecule has 2 fully saturated rings. The van der Waals surface area contributed by atoms with Gasteiger partial charge in [0.1, 0.15) is 0 Å². The third kappa shape index (κ3) is 2.28. The number of nitrogens with zero attached hydrogens (tertiary/aromatic N) is 2. The molecule has 1 atom stereocenters. The summed E-state index contributed by atoms with van der Waals surface area (Å²) >= 11 is 0. The lowest BCUT2D eigenvalue weighted by Gasteiger charge is -2.49. The number of hydrogen-bond acceptors (Lipinski definition) is 3. The Morgan fingerprint density at radius 1 is 1.17 bits per heavy atom. The van der Waals surface area contributed by atoms with Crippen molar-refractivity contribution in [1.29, 1.82) is 0 Å². The Morgan fingerprint density at radius 2 is 1.83 bits per heavy atom. The third-order valence-corrected chi connectivity index (χ3v) is 4.95. The molecule has 1 unspecified atom stereocenters. The molecule has 0 aromatic rings. The Bertz CT molecular complexity index is 317. The van der Waals surface area contributed by atoms with Gasteiger partial charge >= 0.3 is 0 Å². The van der Waals surface area contributed by atoms with Gasteiger partial charge in [0.05, 0.1) is 5.54 Å². The molecule has 104 valence electrons. The average molecular weight is 253 g/mol. The number of rotatable bonds is 4. The van der Waals surface area contributed by atoms with Crippen LogP contribution in [0.3, 0.4) is 0 Å². The topological polar surface area (TPSA) is 35.6 Å². The molecule has 1 N–H and O–H groups in total. The summed E-state index contributed by atoms with van der Waals surface area (Å²) in [5, 5.41) is 3.36. The second-order valence-corrected chi connectivity index (χ2v) is 6.50. The molecule has 0 aromatic carbocycles. The van der Waals surface area contributed by atoms with Crippen LogP contribution in [0.15, 0.2) is 0 Å². The monoisotopic (exact) mass is 253 g/mol. The van der Waals surface area contributed by atoms with Gasteiger partial charge in [0.2, 0.25) is 5.91 Å². The number of amides is 1. The third-order valence-electron chi connectivity index (χ3n) is 4.95.